The molecule has 4 rings (SSSR count). The van der Waals surface area contributed by atoms with Gasteiger partial charge >= 0.3 is 5.97 Å². The fourth-order valence-corrected chi connectivity index (χ4v) is 4.38. The Morgan fingerprint density at radius 1 is 1.30 bits per heavy atom. The van der Waals surface area contributed by atoms with E-state index >= 15 is 4.39 Å². The van der Waals surface area contributed by atoms with Crippen LogP contribution in [0, 0.1) is 11.7 Å². The number of hydrogen-bond acceptors (Lipinski definition) is 6. The number of aromatic nitrogens is 1. The van der Waals surface area contributed by atoms with Crippen LogP contribution >= 0.6 is 0 Å². The standard InChI is InChI=1S/C21H25FN2O6/c1-30-20-17-13(19(27)14(21(28)29)9-24(17)12-2-3-12)8-15(22)18(20)23-6-4-11(5-7-23)16(26)10-25/h8-9,11-12,16,25-26H,2-7,10H2,1H3,(H,28,29)/t16-/m0/s1. The molecule has 9 heteroatoms. The first-order valence-electron chi connectivity index (χ1n) is 10.1. The smallest absolute Gasteiger partial charge is 0.341 e. The van der Waals surface area contributed by atoms with Gasteiger partial charge in [0.1, 0.15) is 11.3 Å². The van der Waals surface area contributed by atoms with Gasteiger partial charge in [-0.3, -0.25) is 4.79 Å². The summed E-state index contributed by atoms with van der Waals surface area (Å²) in [5.41, 5.74) is -0.479. The minimum atomic E-state index is -1.34. The Morgan fingerprint density at radius 2 is 1.97 bits per heavy atom. The van der Waals surface area contributed by atoms with E-state index in [1.54, 1.807) is 4.57 Å². The van der Waals surface area contributed by atoms with Gasteiger partial charge in [0.05, 0.1) is 30.7 Å². The second-order valence-corrected chi connectivity index (χ2v) is 8.03. The number of hydrogen-bond donors (Lipinski definition) is 3. The van der Waals surface area contributed by atoms with E-state index in [1.807, 2.05) is 4.90 Å². The lowest BCUT2D eigenvalue weighted by Crippen LogP contribution is -2.39. The van der Waals surface area contributed by atoms with E-state index in [1.165, 1.54) is 13.3 Å². The molecule has 1 atom stereocenters. The molecule has 8 nitrogen and oxygen atoms in total. The van der Waals surface area contributed by atoms with E-state index in [0.29, 0.717) is 31.4 Å². The molecule has 0 spiro atoms. The van der Waals surface area contributed by atoms with Crippen molar-refractivity contribution in [3.8, 4) is 5.75 Å². The molecule has 1 aromatic heterocycles. The largest absolute Gasteiger partial charge is 0.492 e. The number of carboxylic acid groups (broad SMARTS) is 1. The molecule has 1 aliphatic carbocycles. The fraction of sp³-hybridized carbons (Fsp3) is 0.524. The Bertz CT molecular complexity index is 1040. The van der Waals surface area contributed by atoms with Crippen molar-refractivity contribution in [1.82, 2.24) is 4.57 Å². The number of fused-ring (bicyclic) bond motifs is 1. The van der Waals surface area contributed by atoms with Gasteiger partial charge < -0.3 is 29.5 Å². The summed E-state index contributed by atoms with van der Waals surface area (Å²) in [5, 5.41) is 28.5. The first-order chi connectivity index (χ1) is 14.4. The van der Waals surface area contributed by atoms with Crippen LogP contribution in [0.4, 0.5) is 10.1 Å². The number of ether oxygens (including phenoxy) is 1. The molecule has 1 saturated heterocycles. The number of pyridine rings is 1. The number of anilines is 1. The molecule has 162 valence electrons. The third kappa shape index (κ3) is 3.41. The van der Waals surface area contributed by atoms with Gasteiger partial charge in [0.15, 0.2) is 11.6 Å². The second-order valence-electron chi connectivity index (χ2n) is 8.03. The van der Waals surface area contributed by atoms with Crippen molar-refractivity contribution < 1.29 is 29.2 Å². The quantitative estimate of drug-likeness (QED) is 0.653. The summed E-state index contributed by atoms with van der Waals surface area (Å²) >= 11 is 0. The van der Waals surface area contributed by atoms with Crippen LogP contribution in [0.5, 0.6) is 5.75 Å². The van der Waals surface area contributed by atoms with Crippen LogP contribution in [0.1, 0.15) is 42.1 Å². The zero-order valence-corrected chi connectivity index (χ0v) is 16.7. The molecule has 1 aromatic carbocycles. The maximum Gasteiger partial charge on any atom is 0.341 e. The molecular weight excluding hydrogens is 395 g/mol. The van der Waals surface area contributed by atoms with Crippen LogP contribution < -0.4 is 15.1 Å². The van der Waals surface area contributed by atoms with Crippen molar-refractivity contribution in [2.24, 2.45) is 5.92 Å². The summed E-state index contributed by atoms with van der Waals surface area (Å²) in [6, 6.07) is 1.15. The van der Waals surface area contributed by atoms with Gasteiger partial charge in [-0.1, -0.05) is 0 Å². The highest BCUT2D eigenvalue weighted by Gasteiger charge is 2.33. The van der Waals surface area contributed by atoms with Gasteiger partial charge in [0, 0.05) is 25.3 Å². The SMILES string of the molecule is COc1c(N2CCC([C@@H](O)CO)CC2)c(F)cc2c(=O)c(C(=O)O)cn(C3CC3)c12. The van der Waals surface area contributed by atoms with Crippen LogP contribution in [0.15, 0.2) is 17.1 Å². The van der Waals surface area contributed by atoms with Gasteiger partial charge in [-0.05, 0) is 37.7 Å². The summed E-state index contributed by atoms with van der Waals surface area (Å²) < 4.78 is 22.5. The summed E-state index contributed by atoms with van der Waals surface area (Å²) in [6.07, 6.45) is 3.38. The van der Waals surface area contributed by atoms with Crippen LogP contribution in [-0.2, 0) is 0 Å². The number of rotatable bonds is 6. The van der Waals surface area contributed by atoms with Crippen molar-refractivity contribution in [1.29, 1.82) is 0 Å². The highest BCUT2D eigenvalue weighted by atomic mass is 19.1. The van der Waals surface area contributed by atoms with Gasteiger partial charge in [-0.25, -0.2) is 9.18 Å². The lowest BCUT2D eigenvalue weighted by molar-refractivity contribution is 0.0376. The van der Waals surface area contributed by atoms with Crippen LogP contribution in [0.2, 0.25) is 0 Å². The third-order valence-electron chi connectivity index (χ3n) is 6.16. The fourth-order valence-electron chi connectivity index (χ4n) is 4.38. The number of halogens is 1. The number of carbonyl (C=O) groups is 1. The highest BCUT2D eigenvalue weighted by Crippen LogP contribution is 2.44. The summed E-state index contributed by atoms with van der Waals surface area (Å²) in [6.45, 7) is 0.612. The molecule has 0 bridgehead atoms. The first kappa shape index (κ1) is 20.6. The van der Waals surface area contributed by atoms with E-state index in [0.717, 1.165) is 18.9 Å². The zero-order chi connectivity index (χ0) is 21.6. The molecule has 0 unspecified atom stereocenters. The van der Waals surface area contributed by atoms with E-state index in [9.17, 15) is 24.9 Å². The monoisotopic (exact) mass is 420 g/mol. The molecule has 30 heavy (non-hydrogen) atoms. The predicted octanol–water partition coefficient (Wildman–Crippen LogP) is 1.75. The molecule has 1 saturated carbocycles. The first-order valence-corrected chi connectivity index (χ1v) is 10.1. The lowest BCUT2D eigenvalue weighted by atomic mass is 9.91. The number of benzene rings is 1. The number of nitrogens with zero attached hydrogens (tertiary/aromatic N) is 2. The molecule has 2 aliphatic rings. The average Bonchev–Trinajstić information content (AvgIpc) is 3.58. The van der Waals surface area contributed by atoms with Crippen molar-refractivity contribution in [3.63, 3.8) is 0 Å². The summed E-state index contributed by atoms with van der Waals surface area (Å²) in [4.78, 5) is 26.1. The number of aliphatic hydroxyl groups excluding tert-OH is 2. The maximum absolute atomic E-state index is 15.2. The van der Waals surface area contributed by atoms with Crippen molar-refractivity contribution >= 4 is 22.6 Å². The molecule has 1 aliphatic heterocycles. The number of carboxylic acids is 1. The maximum atomic E-state index is 15.2. The van der Waals surface area contributed by atoms with Gasteiger partial charge in [0.25, 0.3) is 0 Å². The van der Waals surface area contributed by atoms with E-state index in [4.69, 9.17) is 4.74 Å². The number of piperidine rings is 1. The Morgan fingerprint density at radius 3 is 2.50 bits per heavy atom. The Balaban J connectivity index is 1.85. The van der Waals surface area contributed by atoms with Crippen molar-refractivity contribution in [2.45, 2.75) is 37.8 Å². The number of aromatic carboxylic acids is 1. The predicted molar refractivity (Wildman–Crippen MR) is 108 cm³/mol. The lowest BCUT2D eigenvalue weighted by Gasteiger charge is -2.36. The average molecular weight is 420 g/mol. The minimum absolute atomic E-state index is 0.00881. The van der Waals surface area contributed by atoms with Crippen LogP contribution in [0.3, 0.4) is 0 Å². The Hall–Kier alpha value is -2.65. The molecule has 0 radical (unpaired) electrons. The second kappa shape index (κ2) is 7.88. The van der Waals surface area contributed by atoms with Crippen LogP contribution in [-0.4, -0.2) is 58.8 Å². The Labute approximate surface area is 172 Å². The molecule has 2 fully saturated rings. The van der Waals surface area contributed by atoms with Crippen LogP contribution in [0.25, 0.3) is 10.9 Å². The van der Waals surface area contributed by atoms with E-state index in [-0.39, 0.29) is 41.0 Å². The topological polar surface area (TPSA) is 112 Å². The minimum Gasteiger partial charge on any atom is -0.492 e. The molecule has 0 amide bonds. The zero-order valence-electron chi connectivity index (χ0n) is 16.7. The van der Waals surface area contributed by atoms with Crippen molar-refractivity contribution in [3.05, 3.63) is 33.9 Å². The Kier molecular flexibility index (Phi) is 5.42. The molecule has 2 aromatic rings. The van der Waals surface area contributed by atoms with E-state index < -0.39 is 23.3 Å². The van der Waals surface area contributed by atoms with Crippen molar-refractivity contribution in [2.75, 3.05) is 31.7 Å². The summed E-state index contributed by atoms with van der Waals surface area (Å²) in [7, 11) is 1.41. The number of methoxy groups -OCH3 is 1. The van der Waals surface area contributed by atoms with E-state index in [2.05, 4.69) is 0 Å². The molecule has 2 heterocycles. The third-order valence-corrected chi connectivity index (χ3v) is 6.16. The van der Waals surface area contributed by atoms with Gasteiger partial charge in [-0.2, -0.15) is 0 Å². The number of aliphatic hydroxyl groups is 2. The van der Waals surface area contributed by atoms with Gasteiger partial charge in [0.2, 0.25) is 5.43 Å². The molecule has 3 N–H and O–H groups in total. The van der Waals surface area contributed by atoms with Gasteiger partial charge in [-0.15, -0.1) is 0 Å². The summed E-state index contributed by atoms with van der Waals surface area (Å²) in [5.74, 6) is -1.85. The molecular formula is C21H25FN2O6. The highest BCUT2D eigenvalue weighted by molar-refractivity contribution is 5.97. The normalized spacial score (nSPS) is 18.6.